The van der Waals surface area contributed by atoms with E-state index in [0.717, 1.165) is 23.5 Å². The predicted octanol–water partition coefficient (Wildman–Crippen LogP) is 1.99. The minimum atomic E-state index is -0.897. The lowest BCUT2D eigenvalue weighted by atomic mass is 10.1. The zero-order valence-corrected chi connectivity index (χ0v) is 13.9. The van der Waals surface area contributed by atoms with Crippen molar-refractivity contribution in [2.45, 2.75) is 19.3 Å². The van der Waals surface area contributed by atoms with Gasteiger partial charge in [-0.2, -0.15) is 0 Å². The van der Waals surface area contributed by atoms with Crippen LogP contribution in [0.5, 0.6) is 11.5 Å². The summed E-state index contributed by atoms with van der Waals surface area (Å²) in [5.74, 6) is -0.0523. The fourth-order valence-electron chi connectivity index (χ4n) is 2.80. The van der Waals surface area contributed by atoms with Crippen molar-refractivity contribution in [3.8, 4) is 11.5 Å². The van der Waals surface area contributed by atoms with E-state index in [-0.39, 0.29) is 24.3 Å². The third kappa shape index (κ3) is 3.75. The molecule has 0 heterocycles. The number of aliphatic carboxylic acids is 1. The number of rotatable bonds is 7. The summed E-state index contributed by atoms with van der Waals surface area (Å²) in [5, 5.41) is 8.95. The molecule has 0 saturated heterocycles. The molecule has 0 spiro atoms. The molecule has 6 nitrogen and oxygen atoms in total. The summed E-state index contributed by atoms with van der Waals surface area (Å²) in [4.78, 5) is 24.9. The molecule has 3 unspecified atom stereocenters. The molecule has 1 amide bonds. The second kappa shape index (κ2) is 6.89. The molecule has 126 valence electrons. The second-order valence-corrected chi connectivity index (χ2v) is 6.01. The van der Waals surface area contributed by atoms with E-state index in [1.54, 1.807) is 28.2 Å². The van der Waals surface area contributed by atoms with Gasteiger partial charge in [-0.25, -0.2) is 0 Å². The number of nitrogens with zero attached hydrogens (tertiary/aromatic N) is 1. The SMILES string of the molecule is COc1ccc(OC)c(C2CC2C(=O)N(C)CC(C)C(=O)O)c1. The lowest BCUT2D eigenvalue weighted by molar-refractivity contribution is -0.142. The van der Waals surface area contributed by atoms with Crippen LogP contribution in [-0.2, 0) is 9.59 Å². The van der Waals surface area contributed by atoms with Gasteiger partial charge in [0.2, 0.25) is 5.91 Å². The first-order valence-corrected chi connectivity index (χ1v) is 7.58. The molecule has 1 saturated carbocycles. The van der Waals surface area contributed by atoms with Crippen molar-refractivity contribution in [1.29, 1.82) is 0 Å². The molecule has 3 atom stereocenters. The van der Waals surface area contributed by atoms with Crippen LogP contribution in [0.2, 0.25) is 0 Å². The van der Waals surface area contributed by atoms with Crippen LogP contribution in [0.1, 0.15) is 24.8 Å². The van der Waals surface area contributed by atoms with Gasteiger partial charge in [-0.15, -0.1) is 0 Å². The molecule has 1 fully saturated rings. The average molecular weight is 321 g/mol. The van der Waals surface area contributed by atoms with Gasteiger partial charge in [-0.1, -0.05) is 6.92 Å². The summed E-state index contributed by atoms with van der Waals surface area (Å²) in [6.45, 7) is 1.81. The molecular formula is C17H23NO5. The normalized spacial score (nSPS) is 20.5. The Kier molecular flexibility index (Phi) is 5.13. The molecule has 1 aliphatic carbocycles. The van der Waals surface area contributed by atoms with Crippen LogP contribution in [0.3, 0.4) is 0 Å². The number of carbonyl (C=O) groups is 2. The Morgan fingerprint density at radius 1 is 1.35 bits per heavy atom. The van der Waals surface area contributed by atoms with E-state index in [4.69, 9.17) is 14.6 Å². The fourth-order valence-corrected chi connectivity index (χ4v) is 2.80. The standard InChI is InChI=1S/C17H23NO5/c1-10(17(20)21)9-18(2)16(19)14-8-12(14)13-7-11(22-3)5-6-15(13)23-4/h5-7,10,12,14H,8-9H2,1-4H3,(H,20,21). The van der Waals surface area contributed by atoms with Crippen molar-refractivity contribution in [1.82, 2.24) is 4.90 Å². The molecule has 0 aliphatic heterocycles. The lowest BCUT2D eigenvalue weighted by Crippen LogP contribution is -2.34. The molecule has 23 heavy (non-hydrogen) atoms. The molecule has 0 aromatic heterocycles. The smallest absolute Gasteiger partial charge is 0.308 e. The van der Waals surface area contributed by atoms with Gasteiger partial charge >= 0.3 is 5.97 Å². The maximum atomic E-state index is 12.5. The Balaban J connectivity index is 2.06. The number of carbonyl (C=O) groups excluding carboxylic acids is 1. The van der Waals surface area contributed by atoms with Crippen LogP contribution in [0, 0.1) is 11.8 Å². The van der Waals surface area contributed by atoms with Crippen LogP contribution < -0.4 is 9.47 Å². The largest absolute Gasteiger partial charge is 0.497 e. The van der Waals surface area contributed by atoms with Gasteiger partial charge in [-0.3, -0.25) is 9.59 Å². The number of amides is 1. The molecule has 1 aliphatic rings. The van der Waals surface area contributed by atoms with Crippen molar-refractivity contribution < 1.29 is 24.2 Å². The summed E-state index contributed by atoms with van der Waals surface area (Å²) in [6, 6.07) is 5.56. The Bertz CT molecular complexity index is 601. The highest BCUT2D eigenvalue weighted by molar-refractivity contribution is 5.83. The highest BCUT2D eigenvalue weighted by Crippen LogP contribution is 2.51. The van der Waals surface area contributed by atoms with Crippen molar-refractivity contribution in [3.63, 3.8) is 0 Å². The zero-order chi connectivity index (χ0) is 17.1. The fraction of sp³-hybridized carbons (Fsp3) is 0.529. The van der Waals surface area contributed by atoms with E-state index in [2.05, 4.69) is 0 Å². The third-order valence-electron chi connectivity index (χ3n) is 4.29. The molecule has 0 radical (unpaired) electrons. The molecule has 1 aromatic carbocycles. The van der Waals surface area contributed by atoms with Crippen LogP contribution in [0.15, 0.2) is 18.2 Å². The number of ether oxygens (including phenoxy) is 2. The predicted molar refractivity (Wildman–Crippen MR) is 84.8 cm³/mol. The molecular weight excluding hydrogens is 298 g/mol. The Hall–Kier alpha value is -2.24. The Morgan fingerprint density at radius 3 is 2.61 bits per heavy atom. The van der Waals surface area contributed by atoms with Gasteiger partial charge in [-0.05, 0) is 24.6 Å². The summed E-state index contributed by atoms with van der Waals surface area (Å²) < 4.78 is 10.6. The monoisotopic (exact) mass is 321 g/mol. The van der Waals surface area contributed by atoms with Gasteiger partial charge in [0, 0.05) is 31.0 Å². The Labute approximate surface area is 136 Å². The third-order valence-corrected chi connectivity index (χ3v) is 4.29. The van der Waals surface area contributed by atoms with E-state index >= 15 is 0 Å². The number of carboxylic acids is 1. The number of methoxy groups -OCH3 is 2. The maximum absolute atomic E-state index is 12.5. The Morgan fingerprint density at radius 2 is 2.04 bits per heavy atom. The van der Waals surface area contributed by atoms with E-state index in [1.807, 2.05) is 18.2 Å². The second-order valence-electron chi connectivity index (χ2n) is 6.01. The van der Waals surface area contributed by atoms with E-state index < -0.39 is 11.9 Å². The summed E-state index contributed by atoms with van der Waals surface area (Å²) >= 11 is 0. The van der Waals surface area contributed by atoms with Crippen molar-refractivity contribution in [3.05, 3.63) is 23.8 Å². The highest BCUT2D eigenvalue weighted by Gasteiger charge is 2.46. The minimum Gasteiger partial charge on any atom is -0.497 e. The number of hydrogen-bond acceptors (Lipinski definition) is 4. The van der Waals surface area contributed by atoms with Gasteiger partial charge in [0.25, 0.3) is 0 Å². The minimum absolute atomic E-state index is 0.0204. The average Bonchev–Trinajstić information content (AvgIpc) is 3.33. The number of hydrogen-bond donors (Lipinski definition) is 1. The summed E-state index contributed by atoms with van der Waals surface area (Å²) in [6.07, 6.45) is 0.744. The first-order chi connectivity index (χ1) is 10.9. The van der Waals surface area contributed by atoms with Gasteiger partial charge in [0.05, 0.1) is 20.1 Å². The maximum Gasteiger partial charge on any atom is 0.308 e. The van der Waals surface area contributed by atoms with Crippen LogP contribution in [0.25, 0.3) is 0 Å². The zero-order valence-electron chi connectivity index (χ0n) is 13.9. The number of carboxylic acid groups (broad SMARTS) is 1. The van der Waals surface area contributed by atoms with Crippen molar-refractivity contribution >= 4 is 11.9 Å². The first-order valence-electron chi connectivity index (χ1n) is 7.58. The molecule has 1 aromatic rings. The van der Waals surface area contributed by atoms with E-state index in [1.165, 1.54) is 4.90 Å². The van der Waals surface area contributed by atoms with Crippen LogP contribution >= 0.6 is 0 Å². The van der Waals surface area contributed by atoms with Gasteiger partial charge in [0.1, 0.15) is 11.5 Å². The van der Waals surface area contributed by atoms with E-state index in [0.29, 0.717) is 0 Å². The van der Waals surface area contributed by atoms with Crippen LogP contribution in [0.4, 0.5) is 0 Å². The van der Waals surface area contributed by atoms with Gasteiger partial charge < -0.3 is 19.5 Å². The molecule has 6 heteroatoms. The van der Waals surface area contributed by atoms with E-state index in [9.17, 15) is 9.59 Å². The first kappa shape index (κ1) is 17.1. The van der Waals surface area contributed by atoms with Gasteiger partial charge in [0.15, 0.2) is 0 Å². The molecule has 1 N–H and O–H groups in total. The molecule has 2 rings (SSSR count). The molecule has 0 bridgehead atoms. The quantitative estimate of drug-likeness (QED) is 0.831. The summed E-state index contributed by atoms with van der Waals surface area (Å²) in [5.41, 5.74) is 0.963. The van der Waals surface area contributed by atoms with Crippen molar-refractivity contribution in [2.75, 3.05) is 27.8 Å². The highest BCUT2D eigenvalue weighted by atomic mass is 16.5. The topological polar surface area (TPSA) is 76.1 Å². The lowest BCUT2D eigenvalue weighted by Gasteiger charge is -2.19. The van der Waals surface area contributed by atoms with Crippen LogP contribution in [-0.4, -0.2) is 49.7 Å². The summed E-state index contributed by atoms with van der Waals surface area (Å²) in [7, 11) is 4.85. The van der Waals surface area contributed by atoms with Crippen molar-refractivity contribution in [2.24, 2.45) is 11.8 Å². The number of benzene rings is 1.